The lowest BCUT2D eigenvalue weighted by atomic mass is 10.2. The molecule has 0 atom stereocenters. The van der Waals surface area contributed by atoms with Gasteiger partial charge < -0.3 is 10.2 Å². The van der Waals surface area contributed by atoms with Crippen LogP contribution in [0, 0.1) is 0 Å². The molecule has 5 heteroatoms. The van der Waals surface area contributed by atoms with Gasteiger partial charge >= 0.3 is 0 Å². The fraction of sp³-hybridized carbons (Fsp3) is 0.294. The van der Waals surface area contributed by atoms with Crippen molar-refractivity contribution in [3.63, 3.8) is 0 Å². The summed E-state index contributed by atoms with van der Waals surface area (Å²) in [6.45, 7) is 2.55. The molecule has 0 unspecified atom stereocenters. The molecule has 1 aromatic heterocycles. The predicted molar refractivity (Wildman–Crippen MR) is 88.3 cm³/mol. The molecule has 1 saturated heterocycles. The number of rotatable bonds is 4. The van der Waals surface area contributed by atoms with Crippen molar-refractivity contribution in [1.82, 2.24) is 10.3 Å². The zero-order valence-electron chi connectivity index (χ0n) is 12.3. The number of carbonyl (C=O) groups excluding carboxylic acids is 1. The van der Waals surface area contributed by atoms with E-state index in [1.54, 1.807) is 6.20 Å². The van der Waals surface area contributed by atoms with E-state index >= 15 is 0 Å². The fourth-order valence-corrected chi connectivity index (χ4v) is 2.71. The zero-order valence-corrected chi connectivity index (χ0v) is 13.0. The van der Waals surface area contributed by atoms with E-state index in [9.17, 15) is 4.79 Å². The standard InChI is InChI=1S/C17H18ClN3O/c18-15-5-3-13(4-6-15)10-20-17(22)14-9-16(12-19-11-14)21-7-1-2-8-21/h3-6,9,11-12H,1-2,7-8,10H2,(H,20,22). The van der Waals surface area contributed by atoms with Crippen molar-refractivity contribution in [2.24, 2.45) is 0 Å². The molecule has 114 valence electrons. The molecular weight excluding hydrogens is 298 g/mol. The lowest BCUT2D eigenvalue weighted by Crippen LogP contribution is -2.24. The van der Waals surface area contributed by atoms with E-state index in [-0.39, 0.29) is 5.91 Å². The van der Waals surface area contributed by atoms with E-state index in [0.29, 0.717) is 17.1 Å². The van der Waals surface area contributed by atoms with Crippen LogP contribution < -0.4 is 10.2 Å². The van der Waals surface area contributed by atoms with Crippen LogP contribution in [0.4, 0.5) is 5.69 Å². The van der Waals surface area contributed by atoms with Gasteiger partial charge in [-0.05, 0) is 36.6 Å². The van der Waals surface area contributed by atoms with Gasteiger partial charge in [-0.2, -0.15) is 0 Å². The van der Waals surface area contributed by atoms with Crippen LogP contribution in [0.25, 0.3) is 0 Å². The Morgan fingerprint density at radius 3 is 2.64 bits per heavy atom. The minimum absolute atomic E-state index is 0.108. The summed E-state index contributed by atoms with van der Waals surface area (Å²) < 4.78 is 0. The van der Waals surface area contributed by atoms with Crippen molar-refractivity contribution >= 4 is 23.2 Å². The monoisotopic (exact) mass is 315 g/mol. The van der Waals surface area contributed by atoms with E-state index in [0.717, 1.165) is 24.3 Å². The van der Waals surface area contributed by atoms with Crippen LogP contribution in [0.5, 0.6) is 0 Å². The van der Waals surface area contributed by atoms with Crippen molar-refractivity contribution in [3.8, 4) is 0 Å². The highest BCUT2D eigenvalue weighted by atomic mass is 35.5. The van der Waals surface area contributed by atoms with Crippen LogP contribution in [0.3, 0.4) is 0 Å². The van der Waals surface area contributed by atoms with Crippen LogP contribution in [0.1, 0.15) is 28.8 Å². The molecule has 4 nitrogen and oxygen atoms in total. The summed E-state index contributed by atoms with van der Waals surface area (Å²) in [6, 6.07) is 9.36. The molecule has 0 aliphatic carbocycles. The van der Waals surface area contributed by atoms with E-state index in [2.05, 4.69) is 15.2 Å². The Labute approximate surface area is 135 Å². The fourth-order valence-electron chi connectivity index (χ4n) is 2.59. The smallest absolute Gasteiger partial charge is 0.253 e. The third-order valence-corrected chi connectivity index (χ3v) is 4.08. The number of nitrogens with one attached hydrogen (secondary N) is 1. The maximum absolute atomic E-state index is 12.3. The Morgan fingerprint density at radius 1 is 1.18 bits per heavy atom. The van der Waals surface area contributed by atoms with Gasteiger partial charge in [-0.25, -0.2) is 0 Å². The predicted octanol–water partition coefficient (Wildman–Crippen LogP) is 3.27. The van der Waals surface area contributed by atoms with Gasteiger partial charge in [0.1, 0.15) is 0 Å². The van der Waals surface area contributed by atoms with Gasteiger partial charge in [-0.3, -0.25) is 9.78 Å². The number of hydrogen-bond acceptors (Lipinski definition) is 3. The van der Waals surface area contributed by atoms with E-state index in [1.165, 1.54) is 12.8 Å². The molecule has 2 heterocycles. The van der Waals surface area contributed by atoms with Crippen molar-refractivity contribution in [1.29, 1.82) is 0 Å². The van der Waals surface area contributed by atoms with Crippen molar-refractivity contribution < 1.29 is 4.79 Å². The lowest BCUT2D eigenvalue weighted by Gasteiger charge is -2.17. The average molecular weight is 316 g/mol. The second-order valence-electron chi connectivity index (χ2n) is 5.44. The number of aromatic nitrogens is 1. The summed E-state index contributed by atoms with van der Waals surface area (Å²) in [4.78, 5) is 18.7. The number of amides is 1. The second kappa shape index (κ2) is 6.79. The molecule has 1 aliphatic rings. The maximum atomic E-state index is 12.3. The maximum Gasteiger partial charge on any atom is 0.253 e. The molecule has 0 bridgehead atoms. The Bertz CT molecular complexity index is 651. The molecule has 0 saturated carbocycles. The van der Waals surface area contributed by atoms with Gasteiger partial charge in [0.2, 0.25) is 0 Å². The van der Waals surface area contributed by atoms with E-state index < -0.39 is 0 Å². The van der Waals surface area contributed by atoms with Gasteiger partial charge in [-0.1, -0.05) is 23.7 Å². The molecule has 0 radical (unpaired) electrons. The highest BCUT2D eigenvalue weighted by molar-refractivity contribution is 6.30. The number of pyridine rings is 1. The first-order valence-electron chi connectivity index (χ1n) is 7.45. The zero-order chi connectivity index (χ0) is 15.4. The molecule has 1 aromatic carbocycles. The first-order valence-corrected chi connectivity index (χ1v) is 7.83. The number of hydrogen-bond donors (Lipinski definition) is 1. The number of benzene rings is 1. The Kier molecular flexibility index (Phi) is 4.59. The number of anilines is 1. The molecule has 0 spiro atoms. The molecule has 22 heavy (non-hydrogen) atoms. The summed E-state index contributed by atoms with van der Waals surface area (Å²) in [5.74, 6) is -0.108. The van der Waals surface area contributed by atoms with Crippen LogP contribution in [0.15, 0.2) is 42.7 Å². The summed E-state index contributed by atoms with van der Waals surface area (Å²) in [5.41, 5.74) is 2.64. The summed E-state index contributed by atoms with van der Waals surface area (Å²) in [7, 11) is 0. The molecule has 1 fully saturated rings. The van der Waals surface area contributed by atoms with E-state index in [4.69, 9.17) is 11.6 Å². The summed E-state index contributed by atoms with van der Waals surface area (Å²) in [5, 5.41) is 3.60. The van der Waals surface area contributed by atoms with Gasteiger partial charge in [0.15, 0.2) is 0 Å². The second-order valence-corrected chi connectivity index (χ2v) is 5.87. The molecule has 1 N–H and O–H groups in total. The molecule has 2 aromatic rings. The molecule has 3 rings (SSSR count). The van der Waals surface area contributed by atoms with Gasteiger partial charge in [0.05, 0.1) is 17.4 Å². The van der Waals surface area contributed by atoms with Crippen LogP contribution in [-0.2, 0) is 6.54 Å². The van der Waals surface area contributed by atoms with Crippen LogP contribution in [-0.4, -0.2) is 24.0 Å². The summed E-state index contributed by atoms with van der Waals surface area (Å²) in [6.07, 6.45) is 5.83. The van der Waals surface area contributed by atoms with Gasteiger partial charge in [-0.15, -0.1) is 0 Å². The quantitative estimate of drug-likeness (QED) is 0.942. The first-order chi connectivity index (χ1) is 10.7. The van der Waals surface area contributed by atoms with Crippen molar-refractivity contribution in [2.75, 3.05) is 18.0 Å². The average Bonchev–Trinajstić information content (AvgIpc) is 3.09. The highest BCUT2D eigenvalue weighted by Crippen LogP contribution is 2.20. The van der Waals surface area contributed by atoms with Crippen LogP contribution in [0.2, 0.25) is 5.02 Å². The normalized spacial score (nSPS) is 14.1. The molecular formula is C17H18ClN3O. The van der Waals surface area contributed by atoms with E-state index in [1.807, 2.05) is 36.5 Å². The third kappa shape index (κ3) is 3.57. The van der Waals surface area contributed by atoms with Gasteiger partial charge in [0, 0.05) is 30.9 Å². The Hall–Kier alpha value is -2.07. The van der Waals surface area contributed by atoms with Crippen molar-refractivity contribution in [2.45, 2.75) is 19.4 Å². The minimum Gasteiger partial charge on any atom is -0.370 e. The van der Waals surface area contributed by atoms with Crippen molar-refractivity contribution in [3.05, 3.63) is 58.9 Å². The first kappa shape index (κ1) is 14.9. The Morgan fingerprint density at radius 2 is 1.91 bits per heavy atom. The topological polar surface area (TPSA) is 45.2 Å². The minimum atomic E-state index is -0.108. The number of nitrogens with zero attached hydrogens (tertiary/aromatic N) is 2. The third-order valence-electron chi connectivity index (χ3n) is 3.82. The number of carbonyl (C=O) groups is 1. The molecule has 1 aliphatic heterocycles. The number of halogens is 1. The van der Waals surface area contributed by atoms with Gasteiger partial charge in [0.25, 0.3) is 5.91 Å². The largest absolute Gasteiger partial charge is 0.370 e. The lowest BCUT2D eigenvalue weighted by molar-refractivity contribution is 0.0950. The Balaban J connectivity index is 1.64. The summed E-state index contributed by atoms with van der Waals surface area (Å²) >= 11 is 5.85. The SMILES string of the molecule is O=C(NCc1ccc(Cl)cc1)c1cncc(N2CCCC2)c1. The highest BCUT2D eigenvalue weighted by Gasteiger charge is 2.14. The van der Waals surface area contributed by atoms with Crippen LogP contribution >= 0.6 is 11.6 Å². The molecule has 1 amide bonds.